The van der Waals surface area contributed by atoms with Crippen LogP contribution >= 0.6 is 0 Å². The predicted octanol–water partition coefficient (Wildman–Crippen LogP) is 2.35. The maximum Gasteiger partial charge on any atom is 0.335 e. The molecular formula is C28H32O7. The lowest BCUT2D eigenvalue weighted by Crippen LogP contribution is -2.76. The van der Waals surface area contributed by atoms with Crippen molar-refractivity contribution in [2.24, 2.45) is 28.6 Å². The zero-order valence-electron chi connectivity index (χ0n) is 20.6. The number of aliphatic hydroxyl groups excluding tert-OH is 1. The molecule has 2 spiro atoms. The second-order valence-electron chi connectivity index (χ2n) is 12.4. The van der Waals surface area contributed by atoms with Crippen LogP contribution in [0.1, 0.15) is 59.8 Å². The van der Waals surface area contributed by atoms with Gasteiger partial charge < -0.3 is 19.7 Å². The van der Waals surface area contributed by atoms with Crippen molar-refractivity contribution < 1.29 is 34.1 Å². The van der Waals surface area contributed by atoms with E-state index in [9.17, 15) is 24.6 Å². The summed E-state index contributed by atoms with van der Waals surface area (Å²) in [6, 6.07) is 0. The molecule has 35 heavy (non-hydrogen) atoms. The summed E-state index contributed by atoms with van der Waals surface area (Å²) in [6.07, 6.45) is 6.55. The molecule has 0 aromatic carbocycles. The first-order chi connectivity index (χ1) is 16.5. The second-order valence-corrected chi connectivity index (χ2v) is 12.4. The van der Waals surface area contributed by atoms with Gasteiger partial charge >= 0.3 is 5.97 Å². The molecule has 0 radical (unpaired) electrons. The molecule has 4 fully saturated rings. The van der Waals surface area contributed by atoms with Crippen LogP contribution in [0.5, 0.6) is 0 Å². The summed E-state index contributed by atoms with van der Waals surface area (Å²) in [5.74, 6) is -1.25. The van der Waals surface area contributed by atoms with E-state index in [2.05, 4.69) is 0 Å². The van der Waals surface area contributed by atoms with Gasteiger partial charge in [0.1, 0.15) is 11.2 Å². The number of hydrogen-bond donors (Lipinski definition) is 2. The van der Waals surface area contributed by atoms with Crippen LogP contribution in [0.2, 0.25) is 0 Å². The van der Waals surface area contributed by atoms with Crippen LogP contribution < -0.4 is 0 Å². The molecule has 5 aliphatic carbocycles. The monoisotopic (exact) mass is 480 g/mol. The first-order valence-electron chi connectivity index (χ1n) is 12.9. The maximum atomic E-state index is 14.1. The Bertz CT molecular complexity index is 1240. The number of ether oxygens (including phenoxy) is 2. The predicted molar refractivity (Wildman–Crippen MR) is 123 cm³/mol. The molecule has 2 aliphatic heterocycles. The third-order valence-electron chi connectivity index (χ3n) is 11.9. The van der Waals surface area contributed by atoms with E-state index >= 15 is 0 Å². The molecule has 186 valence electrons. The van der Waals surface area contributed by atoms with Gasteiger partial charge in [0.25, 0.3) is 0 Å². The fourth-order valence-electron chi connectivity index (χ4n) is 9.97. The lowest BCUT2D eigenvalue weighted by atomic mass is 9.38. The van der Waals surface area contributed by atoms with Crippen LogP contribution in [0.3, 0.4) is 0 Å². The molecule has 0 aromatic heterocycles. The van der Waals surface area contributed by atoms with E-state index in [1.54, 1.807) is 19.9 Å². The van der Waals surface area contributed by atoms with Gasteiger partial charge in [0, 0.05) is 16.6 Å². The van der Waals surface area contributed by atoms with E-state index in [0.29, 0.717) is 24.0 Å². The van der Waals surface area contributed by atoms with Crippen molar-refractivity contribution in [2.45, 2.75) is 82.7 Å². The summed E-state index contributed by atoms with van der Waals surface area (Å²) in [4.78, 5) is 40.6. The number of hydrogen-bond acceptors (Lipinski definition) is 7. The van der Waals surface area contributed by atoms with Crippen molar-refractivity contribution >= 4 is 17.5 Å². The third kappa shape index (κ3) is 1.92. The summed E-state index contributed by atoms with van der Waals surface area (Å²) < 4.78 is 12.3. The van der Waals surface area contributed by atoms with Crippen molar-refractivity contribution in [1.29, 1.82) is 0 Å². The number of fused-ring (bicyclic) bond motifs is 4. The number of esters is 1. The van der Waals surface area contributed by atoms with Crippen LogP contribution in [0.25, 0.3) is 0 Å². The van der Waals surface area contributed by atoms with Gasteiger partial charge in [-0.05, 0) is 82.3 Å². The van der Waals surface area contributed by atoms with E-state index in [1.807, 2.05) is 19.9 Å². The summed E-state index contributed by atoms with van der Waals surface area (Å²) in [5, 5.41) is 23.3. The van der Waals surface area contributed by atoms with Crippen molar-refractivity contribution in [2.75, 3.05) is 6.61 Å². The molecule has 7 heteroatoms. The number of carbonyl (C=O) groups is 3. The fourth-order valence-corrected chi connectivity index (χ4v) is 9.97. The van der Waals surface area contributed by atoms with Crippen molar-refractivity contribution in [3.05, 3.63) is 34.4 Å². The van der Waals surface area contributed by atoms with Crippen LogP contribution in [-0.4, -0.2) is 57.3 Å². The SMILES string of the molecule is CC1=C(C)[C@]2(OC1=O)C(=O)C(CO)=C1CC[C@H]3[C@@H]4C[C@H]5O[C@]56CC=CC(=O)[C@]6(C)[C@H]4C[C@@]2(O)[C@]13C. The van der Waals surface area contributed by atoms with Gasteiger partial charge in [0.05, 0.1) is 18.1 Å². The number of ketones is 2. The van der Waals surface area contributed by atoms with E-state index in [4.69, 9.17) is 9.47 Å². The van der Waals surface area contributed by atoms with Crippen LogP contribution in [0, 0.1) is 28.6 Å². The molecule has 7 rings (SSSR count). The zero-order chi connectivity index (χ0) is 24.9. The van der Waals surface area contributed by atoms with E-state index in [-0.39, 0.29) is 41.6 Å². The summed E-state index contributed by atoms with van der Waals surface area (Å²) in [7, 11) is 0. The number of aliphatic hydroxyl groups is 2. The Balaban J connectivity index is 1.51. The minimum absolute atomic E-state index is 0.00940. The number of Topliss-reactive ketones (excluding diaryl/α,β-unsaturated/α-hetero) is 1. The normalized spacial score (nSPS) is 53.5. The first-order valence-corrected chi connectivity index (χ1v) is 12.9. The van der Waals surface area contributed by atoms with Crippen molar-refractivity contribution in [1.82, 2.24) is 0 Å². The quantitative estimate of drug-likeness (QED) is 0.437. The molecule has 9 atom stereocenters. The largest absolute Gasteiger partial charge is 0.439 e. The van der Waals surface area contributed by atoms with Gasteiger partial charge in [0.2, 0.25) is 11.4 Å². The topological polar surface area (TPSA) is 113 Å². The third-order valence-corrected chi connectivity index (χ3v) is 11.9. The second kappa shape index (κ2) is 6.06. The fraction of sp³-hybridized carbons (Fsp3) is 0.679. The minimum atomic E-state index is -1.89. The minimum Gasteiger partial charge on any atom is -0.439 e. The van der Waals surface area contributed by atoms with E-state index in [0.717, 1.165) is 18.4 Å². The van der Waals surface area contributed by atoms with Gasteiger partial charge in [-0.2, -0.15) is 0 Å². The molecule has 0 bridgehead atoms. The standard InChI is InChI=1S/C28H32O7/c1-13-14(2)28(35-23(13)32)22(31)16(12-29)18-8-7-17-15-10-21-26(34-21)9-5-6-20(30)25(26,4)19(15)11-27(28,33)24(17,18)3/h5-6,15,17,19,21,29,33H,7-12H2,1-4H3/t15-,17-,19-,21+,24-,25-,26+,27+,28-/m0/s1. The first kappa shape index (κ1) is 22.1. The van der Waals surface area contributed by atoms with Crippen LogP contribution in [0.4, 0.5) is 0 Å². The average Bonchev–Trinajstić information content (AvgIpc) is 3.34. The molecule has 0 amide bonds. The van der Waals surface area contributed by atoms with E-state index in [1.165, 1.54) is 0 Å². The van der Waals surface area contributed by atoms with Crippen molar-refractivity contribution in [3.63, 3.8) is 0 Å². The highest BCUT2D eigenvalue weighted by molar-refractivity contribution is 6.12. The Hall–Kier alpha value is -2.09. The Morgan fingerprint density at radius 1 is 1.11 bits per heavy atom. The van der Waals surface area contributed by atoms with Gasteiger partial charge in [-0.15, -0.1) is 0 Å². The Morgan fingerprint density at radius 3 is 2.51 bits per heavy atom. The molecule has 7 aliphatic rings. The van der Waals surface area contributed by atoms with Crippen LogP contribution in [-0.2, 0) is 23.9 Å². The number of rotatable bonds is 1. The lowest BCUT2D eigenvalue weighted by molar-refractivity contribution is -0.249. The highest BCUT2D eigenvalue weighted by Gasteiger charge is 2.84. The summed E-state index contributed by atoms with van der Waals surface area (Å²) in [5.41, 5.74) is -4.08. The van der Waals surface area contributed by atoms with Gasteiger partial charge in [-0.1, -0.05) is 18.6 Å². The summed E-state index contributed by atoms with van der Waals surface area (Å²) >= 11 is 0. The molecule has 2 heterocycles. The highest BCUT2D eigenvalue weighted by atomic mass is 16.6. The Morgan fingerprint density at radius 2 is 1.86 bits per heavy atom. The number of carbonyl (C=O) groups excluding carboxylic acids is 3. The average molecular weight is 481 g/mol. The van der Waals surface area contributed by atoms with Gasteiger partial charge in [-0.3, -0.25) is 9.59 Å². The van der Waals surface area contributed by atoms with Crippen LogP contribution in [0.15, 0.2) is 34.4 Å². The Labute approximate surface area is 204 Å². The van der Waals surface area contributed by atoms with Crippen molar-refractivity contribution in [3.8, 4) is 0 Å². The molecule has 7 nitrogen and oxygen atoms in total. The smallest absolute Gasteiger partial charge is 0.335 e. The molecule has 0 aromatic rings. The zero-order valence-corrected chi connectivity index (χ0v) is 20.6. The maximum absolute atomic E-state index is 14.1. The molecule has 3 saturated carbocycles. The Kier molecular flexibility index (Phi) is 3.83. The van der Waals surface area contributed by atoms with Gasteiger partial charge in [0.15, 0.2) is 5.78 Å². The lowest BCUT2D eigenvalue weighted by Gasteiger charge is -2.66. The molecule has 2 N–H and O–H groups in total. The van der Waals surface area contributed by atoms with Gasteiger partial charge in [-0.25, -0.2) is 4.79 Å². The molecule has 0 unspecified atom stereocenters. The summed E-state index contributed by atoms with van der Waals surface area (Å²) in [6.45, 7) is 6.83. The molecular weight excluding hydrogens is 448 g/mol. The number of epoxide rings is 1. The number of allylic oxidation sites excluding steroid dienone is 1. The highest BCUT2D eigenvalue weighted by Crippen LogP contribution is 2.77. The molecule has 1 saturated heterocycles. The van der Waals surface area contributed by atoms with E-state index < -0.39 is 46.0 Å².